The second kappa shape index (κ2) is 2.72. The second-order valence-corrected chi connectivity index (χ2v) is 4.23. The molecule has 0 aliphatic carbocycles. The van der Waals surface area contributed by atoms with Crippen molar-refractivity contribution in [3.8, 4) is 0 Å². The van der Waals surface area contributed by atoms with Crippen molar-refractivity contribution in [3.63, 3.8) is 0 Å². The summed E-state index contributed by atoms with van der Waals surface area (Å²) in [6.07, 6.45) is 0.466. The SMILES string of the molecule is O=C1Cc2ccc3sccc3c2NN1. The van der Waals surface area contributed by atoms with Gasteiger partial charge in [0.15, 0.2) is 0 Å². The molecule has 0 radical (unpaired) electrons. The number of rotatable bonds is 0. The molecule has 3 rings (SSSR count). The Hall–Kier alpha value is -1.55. The first-order valence-corrected chi connectivity index (χ1v) is 5.26. The van der Waals surface area contributed by atoms with Crippen LogP contribution in [0.5, 0.6) is 0 Å². The summed E-state index contributed by atoms with van der Waals surface area (Å²) >= 11 is 1.71. The van der Waals surface area contributed by atoms with Crippen LogP contribution in [0.2, 0.25) is 0 Å². The molecule has 0 saturated carbocycles. The average molecular weight is 204 g/mol. The van der Waals surface area contributed by atoms with Crippen LogP contribution >= 0.6 is 11.3 Å². The Labute approximate surface area is 84.7 Å². The molecule has 1 aliphatic heterocycles. The van der Waals surface area contributed by atoms with Crippen LogP contribution in [0.3, 0.4) is 0 Å². The number of anilines is 1. The van der Waals surface area contributed by atoms with Gasteiger partial charge in [-0.25, -0.2) is 0 Å². The molecule has 0 unspecified atom stereocenters. The van der Waals surface area contributed by atoms with E-state index in [-0.39, 0.29) is 5.91 Å². The lowest BCUT2D eigenvalue weighted by atomic mass is 10.1. The lowest BCUT2D eigenvalue weighted by molar-refractivity contribution is -0.120. The summed E-state index contributed by atoms with van der Waals surface area (Å²) in [6.45, 7) is 0. The number of hydrazine groups is 1. The topological polar surface area (TPSA) is 41.1 Å². The molecule has 0 spiro atoms. The Morgan fingerprint density at radius 1 is 1.21 bits per heavy atom. The van der Waals surface area contributed by atoms with Gasteiger partial charge >= 0.3 is 0 Å². The van der Waals surface area contributed by atoms with Gasteiger partial charge in [0.05, 0.1) is 12.1 Å². The smallest absolute Gasteiger partial charge is 0.242 e. The van der Waals surface area contributed by atoms with Crippen molar-refractivity contribution < 1.29 is 4.79 Å². The van der Waals surface area contributed by atoms with Crippen LogP contribution in [-0.4, -0.2) is 5.91 Å². The first-order valence-electron chi connectivity index (χ1n) is 4.38. The van der Waals surface area contributed by atoms with Crippen LogP contribution in [0.1, 0.15) is 5.56 Å². The number of hydrogen-bond donors (Lipinski definition) is 2. The molecule has 2 N–H and O–H groups in total. The monoisotopic (exact) mass is 204 g/mol. The maximum atomic E-state index is 11.1. The second-order valence-electron chi connectivity index (χ2n) is 3.28. The molecule has 2 heterocycles. The average Bonchev–Trinajstić information content (AvgIpc) is 2.65. The number of amides is 1. The van der Waals surface area contributed by atoms with Crippen molar-refractivity contribution in [1.82, 2.24) is 5.43 Å². The molecule has 1 amide bonds. The van der Waals surface area contributed by atoms with Crippen LogP contribution < -0.4 is 10.9 Å². The van der Waals surface area contributed by atoms with E-state index < -0.39 is 0 Å². The number of thiophene rings is 1. The van der Waals surface area contributed by atoms with E-state index in [1.54, 1.807) is 11.3 Å². The molecule has 3 nitrogen and oxygen atoms in total. The van der Waals surface area contributed by atoms with E-state index in [1.807, 2.05) is 6.07 Å². The van der Waals surface area contributed by atoms with Gasteiger partial charge in [-0.3, -0.25) is 15.6 Å². The van der Waals surface area contributed by atoms with Crippen LogP contribution in [0.15, 0.2) is 23.6 Å². The number of benzene rings is 1. The summed E-state index contributed by atoms with van der Waals surface area (Å²) in [5, 5.41) is 3.25. The van der Waals surface area contributed by atoms with Crippen molar-refractivity contribution in [1.29, 1.82) is 0 Å². The summed E-state index contributed by atoms with van der Waals surface area (Å²) in [7, 11) is 0. The van der Waals surface area contributed by atoms with Gasteiger partial charge in [-0.05, 0) is 23.1 Å². The minimum absolute atomic E-state index is 0.0204. The molecular formula is C10H8N2OS. The zero-order valence-corrected chi connectivity index (χ0v) is 8.15. The van der Waals surface area contributed by atoms with E-state index in [9.17, 15) is 4.79 Å². The Balaban J connectivity index is 2.29. The molecule has 0 fully saturated rings. The number of hydrogen-bond acceptors (Lipinski definition) is 3. The minimum atomic E-state index is 0.0204. The van der Waals surface area contributed by atoms with E-state index in [2.05, 4.69) is 28.4 Å². The van der Waals surface area contributed by atoms with Gasteiger partial charge in [-0.2, -0.15) is 0 Å². The fourth-order valence-corrected chi connectivity index (χ4v) is 2.53. The predicted molar refractivity (Wildman–Crippen MR) is 57.3 cm³/mol. The Kier molecular flexibility index (Phi) is 1.52. The fraction of sp³-hybridized carbons (Fsp3) is 0.100. The third-order valence-electron chi connectivity index (χ3n) is 2.40. The maximum absolute atomic E-state index is 11.1. The van der Waals surface area contributed by atoms with E-state index in [1.165, 1.54) is 10.1 Å². The summed E-state index contributed by atoms with van der Waals surface area (Å²) in [5.74, 6) is 0.0204. The van der Waals surface area contributed by atoms with Crippen LogP contribution in [-0.2, 0) is 11.2 Å². The van der Waals surface area contributed by atoms with Crippen LogP contribution in [0.4, 0.5) is 5.69 Å². The van der Waals surface area contributed by atoms with Crippen molar-refractivity contribution in [2.45, 2.75) is 6.42 Å². The molecule has 1 aliphatic rings. The fourth-order valence-electron chi connectivity index (χ4n) is 1.73. The largest absolute Gasteiger partial charge is 0.298 e. The molecule has 0 atom stereocenters. The van der Waals surface area contributed by atoms with Gasteiger partial charge in [0, 0.05) is 10.1 Å². The quantitative estimate of drug-likeness (QED) is 0.688. The first kappa shape index (κ1) is 7.82. The van der Waals surface area contributed by atoms with E-state index in [0.717, 1.165) is 11.3 Å². The van der Waals surface area contributed by atoms with E-state index >= 15 is 0 Å². The van der Waals surface area contributed by atoms with Gasteiger partial charge < -0.3 is 0 Å². The summed E-state index contributed by atoms with van der Waals surface area (Å²) in [4.78, 5) is 11.1. The molecule has 70 valence electrons. The number of carbonyl (C=O) groups is 1. The Morgan fingerprint density at radius 3 is 3.07 bits per heavy atom. The predicted octanol–water partition coefficient (Wildman–Crippen LogP) is 1.90. The standard InChI is InChI=1S/C10H8N2OS/c13-9-5-6-1-2-8-7(3-4-14-8)10(6)12-11-9/h1-4,12H,5H2,(H,11,13). The van der Waals surface area contributed by atoms with Gasteiger partial charge in [0.1, 0.15) is 0 Å². The third kappa shape index (κ3) is 1.01. The molecule has 0 saturated heterocycles. The Bertz CT molecular complexity index is 518. The Morgan fingerprint density at radius 2 is 2.14 bits per heavy atom. The highest BCUT2D eigenvalue weighted by Gasteiger charge is 2.16. The lowest BCUT2D eigenvalue weighted by Gasteiger charge is -2.19. The summed E-state index contributed by atoms with van der Waals surface area (Å²) < 4.78 is 1.24. The minimum Gasteiger partial charge on any atom is -0.298 e. The van der Waals surface area contributed by atoms with Crippen molar-refractivity contribution in [3.05, 3.63) is 29.1 Å². The molecule has 4 heteroatoms. The first-order chi connectivity index (χ1) is 6.84. The summed E-state index contributed by atoms with van der Waals surface area (Å²) in [5.41, 5.74) is 7.70. The van der Waals surface area contributed by atoms with E-state index in [0.29, 0.717) is 6.42 Å². The maximum Gasteiger partial charge on any atom is 0.242 e. The van der Waals surface area contributed by atoms with Crippen molar-refractivity contribution in [2.24, 2.45) is 0 Å². The number of carbonyl (C=O) groups excluding carboxylic acids is 1. The summed E-state index contributed by atoms with van der Waals surface area (Å²) in [6, 6.07) is 6.16. The van der Waals surface area contributed by atoms with Gasteiger partial charge in [0.25, 0.3) is 0 Å². The zero-order valence-electron chi connectivity index (χ0n) is 7.33. The molecule has 0 bridgehead atoms. The number of fused-ring (bicyclic) bond motifs is 3. The molecule has 14 heavy (non-hydrogen) atoms. The van der Waals surface area contributed by atoms with E-state index in [4.69, 9.17) is 0 Å². The molecule has 1 aromatic carbocycles. The van der Waals surface area contributed by atoms with Gasteiger partial charge in [-0.1, -0.05) is 6.07 Å². The van der Waals surface area contributed by atoms with Crippen LogP contribution in [0, 0.1) is 0 Å². The highest BCUT2D eigenvalue weighted by molar-refractivity contribution is 7.17. The molecular weight excluding hydrogens is 196 g/mol. The normalized spacial score (nSPS) is 14.7. The highest BCUT2D eigenvalue weighted by Crippen LogP contribution is 2.32. The third-order valence-corrected chi connectivity index (χ3v) is 3.28. The van der Waals surface area contributed by atoms with Crippen LogP contribution in [0.25, 0.3) is 10.1 Å². The molecule has 1 aromatic heterocycles. The lowest BCUT2D eigenvalue weighted by Crippen LogP contribution is -2.35. The van der Waals surface area contributed by atoms with Gasteiger partial charge in [0.2, 0.25) is 5.91 Å². The zero-order chi connectivity index (χ0) is 9.54. The number of nitrogens with one attached hydrogen (secondary N) is 2. The van der Waals surface area contributed by atoms with Crippen molar-refractivity contribution >= 4 is 33.0 Å². The molecule has 2 aromatic rings. The van der Waals surface area contributed by atoms with Gasteiger partial charge in [-0.15, -0.1) is 11.3 Å². The highest BCUT2D eigenvalue weighted by atomic mass is 32.1. The van der Waals surface area contributed by atoms with Crippen molar-refractivity contribution in [2.75, 3.05) is 5.43 Å².